The summed E-state index contributed by atoms with van der Waals surface area (Å²) in [5.41, 5.74) is 23.4. The third-order valence-corrected chi connectivity index (χ3v) is 26.2. The first kappa shape index (κ1) is 97.9. The first-order valence-electron chi connectivity index (χ1n) is 37.3. The molecule has 0 saturated carbocycles. The molecule has 4 unspecified atom stereocenters. The van der Waals surface area contributed by atoms with Gasteiger partial charge in [0.1, 0.15) is 0 Å². The molecule has 114 heavy (non-hydrogen) atoms. The smallest absolute Gasteiger partial charge is 0.0904 e. The third-order valence-electron chi connectivity index (χ3n) is 18.6. The molecule has 11 aromatic carbocycles. The van der Waals surface area contributed by atoms with E-state index in [0.29, 0.717) is 5.25 Å². The summed E-state index contributed by atoms with van der Waals surface area (Å²) in [5, 5.41) is 0.750. The van der Waals surface area contributed by atoms with Gasteiger partial charge in [0.05, 0.1) is 20.0 Å². The Morgan fingerprint density at radius 3 is 0.895 bits per heavy atom. The molecule has 4 atom stereocenters. The standard InChI is InChI=1S/C26H33N3S.C16H18ClNS.2C15H16ClNS.C11H17ClN2S.C8H9ClS.C3H9N/c1-27(2)23-14-8-20(9-15-23)26(30-7,21-10-16-24(17-11-21)28(3)4)22-12-18-25(19-13-22)29(5)6;1-16(19-17,13-7-5-4-6-8-13)14-9-11-15(12-10-14)18(2)3;1-17(2)14-10-6-9-13(11-14)15(18-16)12-7-4-3-5-8-12;1-17(2)14-10-8-13(9-11-14)15(18-16)12-6-4-3-5-7-12;1-13(2)10-6-5-9(8-15-12)11(7-10)14(3)4;1-7(10-9)8-5-3-2-4-6-8;1-4(2)3/h8-19H,1-7H3;4-12H,1-3H3;2*3-11,15H,1-2H3;5-7H,8H2,1-4H3;2-7H,1H3;1-3H3. The van der Waals surface area contributed by atoms with Gasteiger partial charge in [-0.1, -0.05) is 211 Å². The highest BCUT2D eigenvalue weighted by Gasteiger charge is 2.36. The number of nitrogens with zero attached hydrogens (tertiary/aromatic N) is 9. The third kappa shape index (κ3) is 30.0. The van der Waals surface area contributed by atoms with Crippen molar-refractivity contribution in [1.29, 1.82) is 0 Å². The van der Waals surface area contributed by atoms with Gasteiger partial charge in [-0.3, -0.25) is 0 Å². The van der Waals surface area contributed by atoms with Gasteiger partial charge in [-0.25, -0.2) is 0 Å². The number of anilines is 8. The first-order chi connectivity index (χ1) is 54.4. The highest BCUT2D eigenvalue weighted by molar-refractivity contribution is 8.22. The van der Waals surface area contributed by atoms with Crippen LogP contribution in [0.5, 0.6) is 0 Å². The molecule has 9 nitrogen and oxygen atoms in total. The lowest BCUT2D eigenvalue weighted by molar-refractivity contribution is 0.505. The molecular formula is C94H118Cl5N9S6. The van der Waals surface area contributed by atoms with Crippen LogP contribution >= 0.6 is 120 Å². The Morgan fingerprint density at radius 2 is 0.579 bits per heavy atom. The van der Waals surface area contributed by atoms with Crippen LogP contribution in [0.1, 0.15) is 90.8 Å². The summed E-state index contributed by atoms with van der Waals surface area (Å²) in [7, 11) is 75.3. The van der Waals surface area contributed by atoms with E-state index in [4.69, 9.17) is 53.4 Å². The molecule has 610 valence electrons. The van der Waals surface area contributed by atoms with Crippen molar-refractivity contribution in [1.82, 2.24) is 4.90 Å². The summed E-state index contributed by atoms with van der Waals surface area (Å²) in [6.07, 6.45) is 2.21. The number of halogens is 5. The highest BCUT2D eigenvalue weighted by Crippen LogP contribution is 2.49. The van der Waals surface area contributed by atoms with Gasteiger partial charge in [-0.15, -0.1) is 11.8 Å². The van der Waals surface area contributed by atoms with E-state index >= 15 is 0 Å². The second-order valence-corrected chi connectivity index (χ2v) is 36.6. The van der Waals surface area contributed by atoms with Gasteiger partial charge in [-0.05, 0) is 285 Å². The molecule has 0 aliphatic heterocycles. The maximum absolute atomic E-state index is 6.19. The molecule has 0 spiro atoms. The summed E-state index contributed by atoms with van der Waals surface area (Å²) in [4.78, 5) is 18.9. The van der Waals surface area contributed by atoms with Crippen LogP contribution in [0.15, 0.2) is 285 Å². The fourth-order valence-electron chi connectivity index (χ4n) is 11.9. The fraction of sp³-hybridized carbons (Fsp3) is 0.298. The van der Waals surface area contributed by atoms with E-state index in [9.17, 15) is 0 Å². The lowest BCUT2D eigenvalue weighted by atomic mass is 9.83. The van der Waals surface area contributed by atoms with Gasteiger partial charge in [0.2, 0.25) is 0 Å². The quantitative estimate of drug-likeness (QED) is 0.0509. The van der Waals surface area contributed by atoms with Crippen LogP contribution in [0.3, 0.4) is 0 Å². The largest absolute Gasteiger partial charge is 0.378 e. The van der Waals surface area contributed by atoms with Gasteiger partial charge < -0.3 is 44.1 Å². The van der Waals surface area contributed by atoms with E-state index in [1.165, 1.54) is 162 Å². The molecule has 20 heteroatoms. The lowest BCUT2D eigenvalue weighted by Gasteiger charge is -2.35. The van der Waals surface area contributed by atoms with E-state index in [1.54, 1.807) is 0 Å². The predicted molar refractivity (Wildman–Crippen MR) is 528 cm³/mol. The van der Waals surface area contributed by atoms with Gasteiger partial charge >= 0.3 is 0 Å². The van der Waals surface area contributed by atoms with Gasteiger partial charge in [0, 0.05) is 169 Å². The number of rotatable bonds is 25. The van der Waals surface area contributed by atoms with Crippen molar-refractivity contribution in [3.63, 3.8) is 0 Å². The minimum absolute atomic E-state index is 0.174. The van der Waals surface area contributed by atoms with E-state index in [0.717, 1.165) is 5.75 Å². The van der Waals surface area contributed by atoms with Crippen LogP contribution < -0.4 is 39.2 Å². The van der Waals surface area contributed by atoms with Crippen LogP contribution in [-0.2, 0) is 15.2 Å². The van der Waals surface area contributed by atoms with Crippen LogP contribution in [0, 0.1) is 0 Å². The zero-order valence-corrected chi connectivity index (χ0v) is 79.1. The number of hydrogen-bond acceptors (Lipinski definition) is 15. The molecule has 0 aliphatic rings. The average Bonchev–Trinajstić information content (AvgIpc) is 0.752. The van der Waals surface area contributed by atoms with Crippen molar-refractivity contribution in [3.05, 3.63) is 346 Å². The Hall–Kier alpha value is -6.67. The van der Waals surface area contributed by atoms with Crippen molar-refractivity contribution < 1.29 is 0 Å². The molecule has 0 saturated heterocycles. The average molecular weight is 1740 g/mol. The lowest BCUT2D eigenvalue weighted by Crippen LogP contribution is -2.25. The SMILES string of the molecule is CC(SCl)c1ccccc1.CN(C)C.CN(C)c1ccc(C(C)(SCl)c2ccccc2)cc1.CN(C)c1ccc(C(SCl)c2ccccc2)cc1.CN(C)c1ccc(CSCl)c(N(C)C)c1.CN(C)c1cccc(C(SCl)c2ccccc2)c1.CSC(c1ccc(N(C)C)cc1)(c1ccc(N(C)C)cc1)c1ccc(N(C)C)cc1. The van der Waals surface area contributed by atoms with Gasteiger partial charge in [-0.2, -0.15) is 0 Å². The Labute approximate surface area is 734 Å². The van der Waals surface area contributed by atoms with Crippen molar-refractivity contribution in [2.45, 2.75) is 44.8 Å². The Morgan fingerprint density at radius 1 is 0.289 bits per heavy atom. The second kappa shape index (κ2) is 50.8. The molecule has 0 N–H and O–H groups in total. The zero-order valence-electron chi connectivity index (χ0n) is 70.4. The topological polar surface area (TPSA) is 29.2 Å². The Bertz CT molecular complexity index is 4300. The summed E-state index contributed by atoms with van der Waals surface area (Å²) in [5.74, 6) is 0.836. The molecule has 0 fully saturated rings. The fourth-order valence-corrected chi connectivity index (χ4v) is 17.5. The monoisotopic (exact) mass is 1740 g/mol. The van der Waals surface area contributed by atoms with Crippen LogP contribution in [-0.4, -0.2) is 145 Å². The van der Waals surface area contributed by atoms with Gasteiger partial charge in [0.15, 0.2) is 0 Å². The summed E-state index contributed by atoms with van der Waals surface area (Å²) in [6, 6.07) is 100. The van der Waals surface area contributed by atoms with Crippen LogP contribution in [0.25, 0.3) is 0 Å². The van der Waals surface area contributed by atoms with E-state index in [-0.39, 0.29) is 20.0 Å². The molecule has 0 aromatic heterocycles. The van der Waals surface area contributed by atoms with Crippen molar-refractivity contribution in [3.8, 4) is 0 Å². The minimum Gasteiger partial charge on any atom is -0.378 e. The number of hydrogen-bond donors (Lipinski definition) is 0. The highest BCUT2D eigenvalue weighted by atomic mass is 35.7. The maximum Gasteiger partial charge on any atom is 0.0904 e. The molecule has 0 bridgehead atoms. The molecule has 0 radical (unpaired) electrons. The molecular weight excluding hydrogens is 1620 g/mol. The molecule has 0 aliphatic carbocycles. The van der Waals surface area contributed by atoms with Crippen molar-refractivity contribution in [2.75, 3.05) is 179 Å². The normalized spacial score (nSPS) is 11.9. The number of benzene rings is 11. The molecule has 0 amide bonds. The molecule has 11 rings (SSSR count). The van der Waals surface area contributed by atoms with E-state index < -0.39 is 0 Å². The van der Waals surface area contributed by atoms with Crippen LogP contribution in [0.4, 0.5) is 45.5 Å². The second-order valence-electron chi connectivity index (χ2n) is 29.2. The summed E-state index contributed by atoms with van der Waals surface area (Å²) in [6.45, 7) is 4.25. The maximum atomic E-state index is 6.19. The first-order valence-corrected chi connectivity index (χ1v) is 47.1. The van der Waals surface area contributed by atoms with Gasteiger partial charge in [0.25, 0.3) is 0 Å². The Kier molecular flexibility index (Phi) is 43.7. The van der Waals surface area contributed by atoms with Crippen molar-refractivity contribution >= 4 is 166 Å². The summed E-state index contributed by atoms with van der Waals surface area (Å²) < 4.78 is -0.506. The summed E-state index contributed by atoms with van der Waals surface area (Å²) >= 11 is 1.88. The van der Waals surface area contributed by atoms with Crippen molar-refractivity contribution in [2.24, 2.45) is 0 Å². The van der Waals surface area contributed by atoms with E-state index in [2.05, 4.69) is 340 Å². The minimum atomic E-state index is -0.277. The Balaban J connectivity index is 0.000000248. The zero-order chi connectivity index (χ0) is 84.1. The predicted octanol–water partition coefficient (Wildman–Crippen LogP) is 26.9. The number of thioether (sulfide) groups is 1. The molecule has 11 aromatic rings. The van der Waals surface area contributed by atoms with Crippen LogP contribution in [0.2, 0.25) is 0 Å². The van der Waals surface area contributed by atoms with E-state index in [1.807, 2.05) is 155 Å². The molecule has 0 heterocycles.